The van der Waals surface area contributed by atoms with Gasteiger partial charge in [0, 0.05) is 19.1 Å². The summed E-state index contributed by atoms with van der Waals surface area (Å²) < 4.78 is 5.63. The van der Waals surface area contributed by atoms with Gasteiger partial charge in [0.2, 0.25) is 5.91 Å². The minimum atomic E-state index is -0.216. The highest BCUT2D eigenvalue weighted by atomic mass is 16.5. The fraction of sp³-hybridized carbons (Fsp3) is 0.923. The van der Waals surface area contributed by atoms with Crippen LogP contribution in [0.1, 0.15) is 39.5 Å². The van der Waals surface area contributed by atoms with Crippen LogP contribution in [0.25, 0.3) is 0 Å². The largest absolute Gasteiger partial charge is 0.372 e. The smallest absolute Gasteiger partial charge is 0.227 e. The molecule has 1 heterocycles. The molecule has 2 N–H and O–H groups in total. The lowest BCUT2D eigenvalue weighted by Gasteiger charge is -2.41. The van der Waals surface area contributed by atoms with Gasteiger partial charge in [0.05, 0.1) is 18.1 Å². The zero-order valence-corrected chi connectivity index (χ0v) is 10.9. The Morgan fingerprint density at radius 3 is 2.71 bits per heavy atom. The number of morpholine rings is 1. The Kier molecular flexibility index (Phi) is 3.73. The lowest BCUT2D eigenvalue weighted by atomic mass is 9.84. The molecule has 4 heteroatoms. The van der Waals surface area contributed by atoms with Crippen LogP contribution in [0.2, 0.25) is 0 Å². The van der Waals surface area contributed by atoms with Crippen LogP contribution < -0.4 is 5.73 Å². The molecule has 0 spiro atoms. The van der Waals surface area contributed by atoms with Crippen LogP contribution in [0, 0.1) is 5.92 Å². The first-order valence-electron chi connectivity index (χ1n) is 6.68. The van der Waals surface area contributed by atoms with Crippen LogP contribution in [0.4, 0.5) is 0 Å². The number of nitrogens with two attached hydrogens (primary N) is 1. The van der Waals surface area contributed by atoms with Gasteiger partial charge in [-0.25, -0.2) is 0 Å². The highest BCUT2D eigenvalue weighted by Gasteiger charge is 2.36. The van der Waals surface area contributed by atoms with Crippen LogP contribution in [-0.2, 0) is 9.53 Å². The summed E-state index contributed by atoms with van der Waals surface area (Å²) in [6.45, 7) is 6.11. The number of amides is 1. The number of rotatable bonds is 1. The zero-order valence-electron chi connectivity index (χ0n) is 10.9. The molecule has 98 valence electrons. The maximum Gasteiger partial charge on any atom is 0.227 e. The summed E-state index contributed by atoms with van der Waals surface area (Å²) in [5, 5.41) is 0. The summed E-state index contributed by atoms with van der Waals surface area (Å²) in [5.74, 6) is 0.284. The van der Waals surface area contributed by atoms with Crippen molar-refractivity contribution in [1.82, 2.24) is 4.90 Å². The summed E-state index contributed by atoms with van der Waals surface area (Å²) in [4.78, 5) is 14.4. The van der Waals surface area contributed by atoms with E-state index in [-0.39, 0.29) is 23.5 Å². The first kappa shape index (κ1) is 12.8. The SMILES string of the molecule is CC1(C)CN(C(=O)C2CCCCC2N)CCO1. The summed E-state index contributed by atoms with van der Waals surface area (Å²) in [6.07, 6.45) is 4.25. The molecule has 1 aliphatic heterocycles. The average Bonchev–Trinajstić information content (AvgIpc) is 2.27. The predicted molar refractivity (Wildman–Crippen MR) is 66.5 cm³/mol. The third-order valence-corrected chi connectivity index (χ3v) is 3.87. The first-order valence-corrected chi connectivity index (χ1v) is 6.68. The highest BCUT2D eigenvalue weighted by molar-refractivity contribution is 5.79. The van der Waals surface area contributed by atoms with Crippen LogP contribution in [0.3, 0.4) is 0 Å². The number of carbonyl (C=O) groups is 1. The van der Waals surface area contributed by atoms with Gasteiger partial charge >= 0.3 is 0 Å². The van der Waals surface area contributed by atoms with Crippen LogP contribution in [0.15, 0.2) is 0 Å². The van der Waals surface area contributed by atoms with E-state index < -0.39 is 0 Å². The molecule has 2 aliphatic rings. The van der Waals surface area contributed by atoms with E-state index in [4.69, 9.17) is 10.5 Å². The fourth-order valence-corrected chi connectivity index (χ4v) is 2.91. The maximum atomic E-state index is 12.4. The molecule has 2 unspecified atom stereocenters. The fourth-order valence-electron chi connectivity index (χ4n) is 2.91. The maximum absolute atomic E-state index is 12.4. The Labute approximate surface area is 103 Å². The molecule has 0 aromatic heterocycles. The molecule has 1 amide bonds. The van der Waals surface area contributed by atoms with Crippen molar-refractivity contribution in [3.8, 4) is 0 Å². The molecular formula is C13H24N2O2. The lowest BCUT2D eigenvalue weighted by Crippen LogP contribution is -2.54. The van der Waals surface area contributed by atoms with Gasteiger partial charge in [-0.2, -0.15) is 0 Å². The molecule has 0 radical (unpaired) electrons. The monoisotopic (exact) mass is 240 g/mol. The van der Waals surface area contributed by atoms with Crippen molar-refractivity contribution < 1.29 is 9.53 Å². The lowest BCUT2D eigenvalue weighted by molar-refractivity contribution is -0.151. The molecule has 1 saturated carbocycles. The molecule has 2 rings (SSSR count). The Hall–Kier alpha value is -0.610. The standard InChI is InChI=1S/C13H24N2O2/c1-13(2)9-15(7-8-17-13)12(16)10-5-3-4-6-11(10)14/h10-11H,3-9,14H2,1-2H3. The van der Waals surface area contributed by atoms with E-state index in [9.17, 15) is 4.79 Å². The molecule has 2 fully saturated rings. The van der Waals surface area contributed by atoms with Gasteiger partial charge in [-0.3, -0.25) is 4.79 Å². The molecule has 4 nitrogen and oxygen atoms in total. The molecule has 0 aromatic carbocycles. The molecular weight excluding hydrogens is 216 g/mol. The van der Waals surface area contributed by atoms with Crippen molar-refractivity contribution in [3.63, 3.8) is 0 Å². The quantitative estimate of drug-likeness (QED) is 0.748. The highest BCUT2D eigenvalue weighted by Crippen LogP contribution is 2.26. The van der Waals surface area contributed by atoms with E-state index in [1.165, 1.54) is 6.42 Å². The number of ether oxygens (including phenoxy) is 1. The Morgan fingerprint density at radius 1 is 1.35 bits per heavy atom. The summed E-state index contributed by atoms with van der Waals surface area (Å²) >= 11 is 0. The van der Waals surface area contributed by atoms with Gasteiger partial charge in [0.25, 0.3) is 0 Å². The number of hydrogen-bond acceptors (Lipinski definition) is 3. The second kappa shape index (κ2) is 4.94. The van der Waals surface area contributed by atoms with E-state index in [1.807, 2.05) is 18.7 Å². The molecule has 0 bridgehead atoms. The van der Waals surface area contributed by atoms with Crippen molar-refractivity contribution in [1.29, 1.82) is 0 Å². The van der Waals surface area contributed by atoms with Gasteiger partial charge < -0.3 is 15.4 Å². The third kappa shape index (κ3) is 2.99. The van der Waals surface area contributed by atoms with E-state index in [0.717, 1.165) is 19.3 Å². The zero-order chi connectivity index (χ0) is 12.5. The number of carbonyl (C=O) groups excluding carboxylic acids is 1. The minimum Gasteiger partial charge on any atom is -0.372 e. The van der Waals surface area contributed by atoms with Crippen molar-refractivity contribution in [2.45, 2.75) is 51.2 Å². The van der Waals surface area contributed by atoms with Gasteiger partial charge in [-0.15, -0.1) is 0 Å². The van der Waals surface area contributed by atoms with Gasteiger partial charge in [0.15, 0.2) is 0 Å². The van der Waals surface area contributed by atoms with Crippen molar-refractivity contribution in [2.75, 3.05) is 19.7 Å². The van der Waals surface area contributed by atoms with Crippen molar-refractivity contribution in [2.24, 2.45) is 11.7 Å². The summed E-state index contributed by atoms with van der Waals surface area (Å²) in [7, 11) is 0. The minimum absolute atomic E-state index is 0.0395. The predicted octanol–water partition coefficient (Wildman–Crippen LogP) is 1.14. The topological polar surface area (TPSA) is 55.6 Å². The molecule has 2 atom stereocenters. The number of hydrogen-bond donors (Lipinski definition) is 1. The Morgan fingerprint density at radius 2 is 2.06 bits per heavy atom. The van der Waals surface area contributed by atoms with E-state index in [2.05, 4.69) is 0 Å². The second-order valence-corrected chi connectivity index (χ2v) is 5.92. The molecule has 1 saturated heterocycles. The van der Waals surface area contributed by atoms with E-state index >= 15 is 0 Å². The van der Waals surface area contributed by atoms with Gasteiger partial charge in [-0.1, -0.05) is 12.8 Å². The molecule has 1 aliphatic carbocycles. The Bertz CT molecular complexity index is 291. The first-order chi connectivity index (χ1) is 7.99. The number of nitrogens with zero attached hydrogens (tertiary/aromatic N) is 1. The van der Waals surface area contributed by atoms with E-state index in [1.54, 1.807) is 0 Å². The van der Waals surface area contributed by atoms with E-state index in [0.29, 0.717) is 19.7 Å². The normalized spacial score (nSPS) is 33.5. The molecule has 17 heavy (non-hydrogen) atoms. The van der Waals surface area contributed by atoms with Crippen molar-refractivity contribution in [3.05, 3.63) is 0 Å². The summed E-state index contributed by atoms with van der Waals surface area (Å²) in [6, 6.07) is 0.0576. The van der Waals surface area contributed by atoms with Crippen LogP contribution in [0.5, 0.6) is 0 Å². The summed E-state index contributed by atoms with van der Waals surface area (Å²) in [5.41, 5.74) is 5.86. The average molecular weight is 240 g/mol. The van der Waals surface area contributed by atoms with Gasteiger partial charge in [0.1, 0.15) is 0 Å². The third-order valence-electron chi connectivity index (χ3n) is 3.87. The molecule has 0 aromatic rings. The second-order valence-electron chi connectivity index (χ2n) is 5.92. The van der Waals surface area contributed by atoms with Crippen LogP contribution in [-0.4, -0.2) is 42.1 Å². The Balaban J connectivity index is 1.99. The van der Waals surface area contributed by atoms with Crippen LogP contribution >= 0.6 is 0 Å². The van der Waals surface area contributed by atoms with Crippen molar-refractivity contribution >= 4 is 5.91 Å². The van der Waals surface area contributed by atoms with Gasteiger partial charge in [-0.05, 0) is 26.7 Å².